The molecule has 1 amide bonds. The molecule has 0 radical (unpaired) electrons. The molecule has 0 aliphatic carbocycles. The average molecular weight is 208 g/mol. The number of carbonyl (C=O) groups excluding carboxylic acids is 1. The molecular formula is C11H16N2O2. The minimum atomic E-state index is -0.0304. The van der Waals surface area contributed by atoms with Crippen molar-refractivity contribution in [1.29, 1.82) is 0 Å². The Morgan fingerprint density at radius 3 is 2.53 bits per heavy atom. The Kier molecular flexibility index (Phi) is 4.80. The number of aliphatic hydroxyl groups excluding tert-OH is 1. The van der Waals surface area contributed by atoms with Gasteiger partial charge in [0.1, 0.15) is 0 Å². The fourth-order valence-corrected chi connectivity index (χ4v) is 1.18. The van der Waals surface area contributed by atoms with Gasteiger partial charge in [0.2, 0.25) is 5.91 Å². The van der Waals surface area contributed by atoms with Crippen LogP contribution in [0.25, 0.3) is 0 Å². The highest BCUT2D eigenvalue weighted by atomic mass is 16.3. The van der Waals surface area contributed by atoms with Crippen molar-refractivity contribution in [2.75, 3.05) is 11.9 Å². The van der Waals surface area contributed by atoms with Gasteiger partial charge in [-0.3, -0.25) is 4.79 Å². The van der Waals surface area contributed by atoms with Crippen molar-refractivity contribution >= 4 is 11.6 Å². The molecule has 0 atom stereocenters. The van der Waals surface area contributed by atoms with Crippen LogP contribution in [0.15, 0.2) is 24.3 Å². The Labute approximate surface area is 89.1 Å². The first-order chi connectivity index (χ1) is 7.26. The van der Waals surface area contributed by atoms with Gasteiger partial charge in [0.25, 0.3) is 0 Å². The SMILES string of the molecule is NCCCC(=O)Nc1ccc(CO)cc1. The number of carbonyl (C=O) groups is 1. The maximum absolute atomic E-state index is 11.3. The standard InChI is InChI=1S/C11H16N2O2/c12-7-1-2-11(15)13-10-5-3-9(8-14)4-6-10/h3-6,14H,1-2,7-8,12H2,(H,13,15). The largest absolute Gasteiger partial charge is 0.392 e. The van der Waals surface area contributed by atoms with Crippen molar-refractivity contribution in [3.8, 4) is 0 Å². The van der Waals surface area contributed by atoms with Crippen LogP contribution < -0.4 is 11.1 Å². The van der Waals surface area contributed by atoms with Gasteiger partial charge in [0, 0.05) is 12.1 Å². The van der Waals surface area contributed by atoms with Gasteiger partial charge < -0.3 is 16.2 Å². The second kappa shape index (κ2) is 6.16. The van der Waals surface area contributed by atoms with Crippen LogP contribution in [0.4, 0.5) is 5.69 Å². The van der Waals surface area contributed by atoms with Gasteiger partial charge in [-0.2, -0.15) is 0 Å². The summed E-state index contributed by atoms with van der Waals surface area (Å²) in [7, 11) is 0. The zero-order chi connectivity index (χ0) is 11.1. The zero-order valence-electron chi connectivity index (χ0n) is 8.57. The Bertz CT molecular complexity index is 309. The highest BCUT2D eigenvalue weighted by molar-refractivity contribution is 5.90. The van der Waals surface area contributed by atoms with Crippen LogP contribution in [-0.4, -0.2) is 17.6 Å². The molecule has 0 heterocycles. The summed E-state index contributed by atoms with van der Waals surface area (Å²) >= 11 is 0. The molecule has 4 heteroatoms. The molecule has 0 aromatic heterocycles. The van der Waals surface area contributed by atoms with Crippen LogP contribution in [0.1, 0.15) is 18.4 Å². The number of rotatable bonds is 5. The Morgan fingerprint density at radius 2 is 2.00 bits per heavy atom. The predicted octanol–water partition coefficient (Wildman–Crippen LogP) is 0.856. The van der Waals surface area contributed by atoms with Gasteiger partial charge in [0.15, 0.2) is 0 Å². The molecule has 0 saturated carbocycles. The third kappa shape index (κ3) is 4.10. The normalized spacial score (nSPS) is 10.0. The van der Waals surface area contributed by atoms with Crippen molar-refractivity contribution in [1.82, 2.24) is 0 Å². The lowest BCUT2D eigenvalue weighted by Gasteiger charge is -2.05. The van der Waals surface area contributed by atoms with E-state index in [0.717, 1.165) is 11.3 Å². The monoisotopic (exact) mass is 208 g/mol. The number of amides is 1. The van der Waals surface area contributed by atoms with Crippen molar-refractivity contribution in [2.24, 2.45) is 5.73 Å². The first kappa shape index (κ1) is 11.7. The number of nitrogens with one attached hydrogen (secondary N) is 1. The summed E-state index contributed by atoms with van der Waals surface area (Å²) in [5, 5.41) is 11.6. The van der Waals surface area contributed by atoms with E-state index in [1.54, 1.807) is 24.3 Å². The van der Waals surface area contributed by atoms with E-state index in [1.807, 2.05) is 0 Å². The highest BCUT2D eigenvalue weighted by Gasteiger charge is 2.00. The lowest BCUT2D eigenvalue weighted by molar-refractivity contribution is -0.116. The minimum Gasteiger partial charge on any atom is -0.392 e. The number of aliphatic hydroxyl groups is 1. The van der Waals surface area contributed by atoms with Gasteiger partial charge in [-0.05, 0) is 30.7 Å². The molecule has 1 rings (SSSR count). The number of anilines is 1. The first-order valence-corrected chi connectivity index (χ1v) is 4.96. The van der Waals surface area contributed by atoms with Gasteiger partial charge in [-0.1, -0.05) is 12.1 Å². The summed E-state index contributed by atoms with van der Waals surface area (Å²) in [4.78, 5) is 11.3. The molecule has 0 saturated heterocycles. The molecule has 0 spiro atoms. The molecule has 0 fully saturated rings. The van der Waals surface area contributed by atoms with E-state index in [0.29, 0.717) is 19.4 Å². The van der Waals surface area contributed by atoms with Crippen LogP contribution in [0.5, 0.6) is 0 Å². The van der Waals surface area contributed by atoms with E-state index in [-0.39, 0.29) is 12.5 Å². The fourth-order valence-electron chi connectivity index (χ4n) is 1.18. The van der Waals surface area contributed by atoms with Gasteiger partial charge in [-0.15, -0.1) is 0 Å². The molecule has 0 aliphatic rings. The average Bonchev–Trinajstić information content (AvgIpc) is 2.27. The number of hydrogen-bond donors (Lipinski definition) is 3. The van der Waals surface area contributed by atoms with E-state index in [9.17, 15) is 4.79 Å². The number of nitrogens with two attached hydrogens (primary N) is 1. The van der Waals surface area contributed by atoms with E-state index in [1.165, 1.54) is 0 Å². The zero-order valence-corrected chi connectivity index (χ0v) is 8.57. The smallest absolute Gasteiger partial charge is 0.224 e. The third-order valence-corrected chi connectivity index (χ3v) is 2.03. The van der Waals surface area contributed by atoms with Gasteiger partial charge in [0.05, 0.1) is 6.61 Å². The van der Waals surface area contributed by atoms with Crippen molar-refractivity contribution in [2.45, 2.75) is 19.4 Å². The van der Waals surface area contributed by atoms with Gasteiger partial charge in [-0.25, -0.2) is 0 Å². The second-order valence-corrected chi connectivity index (χ2v) is 3.30. The van der Waals surface area contributed by atoms with E-state index in [2.05, 4.69) is 5.32 Å². The van der Waals surface area contributed by atoms with E-state index in [4.69, 9.17) is 10.8 Å². The second-order valence-electron chi connectivity index (χ2n) is 3.30. The molecule has 0 bridgehead atoms. The topological polar surface area (TPSA) is 75.4 Å². The van der Waals surface area contributed by atoms with Crippen molar-refractivity contribution < 1.29 is 9.90 Å². The summed E-state index contributed by atoms with van der Waals surface area (Å²) in [6.45, 7) is 0.540. The lowest BCUT2D eigenvalue weighted by Crippen LogP contribution is -2.13. The summed E-state index contributed by atoms with van der Waals surface area (Å²) in [5.41, 5.74) is 6.87. The third-order valence-electron chi connectivity index (χ3n) is 2.03. The molecule has 0 aliphatic heterocycles. The van der Waals surface area contributed by atoms with Crippen molar-refractivity contribution in [3.05, 3.63) is 29.8 Å². The Balaban J connectivity index is 2.46. The summed E-state index contributed by atoms with van der Waals surface area (Å²) < 4.78 is 0. The van der Waals surface area contributed by atoms with E-state index >= 15 is 0 Å². The molecular weight excluding hydrogens is 192 g/mol. The molecule has 0 unspecified atom stereocenters. The fraction of sp³-hybridized carbons (Fsp3) is 0.364. The van der Waals surface area contributed by atoms with Gasteiger partial charge >= 0.3 is 0 Å². The molecule has 4 nitrogen and oxygen atoms in total. The first-order valence-electron chi connectivity index (χ1n) is 4.96. The quantitative estimate of drug-likeness (QED) is 0.671. The molecule has 1 aromatic rings. The van der Waals surface area contributed by atoms with E-state index < -0.39 is 0 Å². The van der Waals surface area contributed by atoms with Crippen LogP contribution in [-0.2, 0) is 11.4 Å². The van der Waals surface area contributed by atoms with Crippen molar-refractivity contribution in [3.63, 3.8) is 0 Å². The Hall–Kier alpha value is -1.39. The molecule has 4 N–H and O–H groups in total. The Morgan fingerprint density at radius 1 is 1.33 bits per heavy atom. The predicted molar refractivity (Wildman–Crippen MR) is 59.3 cm³/mol. The summed E-state index contributed by atoms with van der Waals surface area (Å²) in [5.74, 6) is -0.0304. The minimum absolute atomic E-state index is 0.0153. The molecule has 82 valence electrons. The summed E-state index contributed by atoms with van der Waals surface area (Å²) in [6.07, 6.45) is 1.14. The molecule has 1 aromatic carbocycles. The van der Waals surface area contributed by atoms with Crippen LogP contribution in [0.3, 0.4) is 0 Å². The highest BCUT2D eigenvalue weighted by Crippen LogP contribution is 2.09. The van der Waals surface area contributed by atoms with Crippen LogP contribution in [0.2, 0.25) is 0 Å². The number of hydrogen-bond acceptors (Lipinski definition) is 3. The van der Waals surface area contributed by atoms with Crippen LogP contribution >= 0.6 is 0 Å². The molecule has 15 heavy (non-hydrogen) atoms. The number of benzene rings is 1. The van der Waals surface area contributed by atoms with Crippen LogP contribution in [0, 0.1) is 0 Å². The lowest BCUT2D eigenvalue weighted by atomic mass is 10.2. The maximum atomic E-state index is 11.3. The maximum Gasteiger partial charge on any atom is 0.224 e. The summed E-state index contributed by atoms with van der Waals surface area (Å²) in [6, 6.07) is 7.09.